The minimum Gasteiger partial charge on any atom is -0.271 e. The van der Waals surface area contributed by atoms with Gasteiger partial charge in [-0.1, -0.05) is 22.0 Å². The van der Waals surface area contributed by atoms with Gasteiger partial charge in [-0.3, -0.25) is 16.3 Å². The second-order valence-electron chi connectivity index (χ2n) is 3.56. The molecular weight excluding hydrogens is 305 g/mol. The first-order valence-electron chi connectivity index (χ1n) is 4.99. The van der Waals surface area contributed by atoms with Gasteiger partial charge in [0.15, 0.2) is 0 Å². The Bertz CT molecular complexity index is 489. The molecule has 1 aromatic heterocycles. The van der Waals surface area contributed by atoms with Crippen molar-refractivity contribution in [3.05, 3.63) is 50.6 Å². The number of nitrogens with two attached hydrogens (primary N) is 1. The summed E-state index contributed by atoms with van der Waals surface area (Å²) in [6, 6.07) is 4.64. The summed E-state index contributed by atoms with van der Waals surface area (Å²) in [5.74, 6) is 5.28. The maximum absolute atomic E-state index is 13.0. The van der Waals surface area contributed by atoms with Crippen LogP contribution in [-0.2, 0) is 6.42 Å². The Balaban J connectivity index is 2.19. The lowest BCUT2D eigenvalue weighted by Gasteiger charge is -2.14. The van der Waals surface area contributed by atoms with Crippen LogP contribution in [0, 0.1) is 5.82 Å². The van der Waals surface area contributed by atoms with E-state index in [0.717, 1.165) is 14.9 Å². The molecule has 90 valence electrons. The molecule has 0 aliphatic heterocycles. The lowest BCUT2D eigenvalue weighted by Crippen LogP contribution is -2.29. The van der Waals surface area contributed by atoms with Crippen LogP contribution < -0.4 is 11.3 Å². The van der Waals surface area contributed by atoms with Crippen molar-refractivity contribution < 1.29 is 4.39 Å². The van der Waals surface area contributed by atoms with Gasteiger partial charge >= 0.3 is 0 Å². The van der Waals surface area contributed by atoms with Crippen molar-refractivity contribution in [1.29, 1.82) is 0 Å². The molecule has 2 rings (SSSR count). The van der Waals surface area contributed by atoms with Crippen LogP contribution in [0.25, 0.3) is 0 Å². The zero-order valence-corrected chi connectivity index (χ0v) is 11.3. The number of nitrogens with zero attached hydrogens (tertiary/aromatic N) is 1. The van der Waals surface area contributed by atoms with Crippen LogP contribution in [0.1, 0.15) is 16.5 Å². The molecule has 17 heavy (non-hydrogen) atoms. The average Bonchev–Trinajstić information content (AvgIpc) is 2.81. The lowest BCUT2D eigenvalue weighted by molar-refractivity contribution is 0.557. The summed E-state index contributed by atoms with van der Waals surface area (Å²) in [4.78, 5) is 5.08. The Morgan fingerprint density at radius 2 is 2.35 bits per heavy atom. The summed E-state index contributed by atoms with van der Waals surface area (Å²) in [5.41, 5.74) is 5.52. The van der Waals surface area contributed by atoms with E-state index >= 15 is 0 Å². The fourth-order valence-electron chi connectivity index (χ4n) is 1.55. The highest BCUT2D eigenvalue weighted by Crippen LogP contribution is 2.25. The van der Waals surface area contributed by atoms with Gasteiger partial charge < -0.3 is 0 Å². The summed E-state index contributed by atoms with van der Waals surface area (Å²) in [6.45, 7) is 0. The number of rotatable bonds is 4. The Labute approximate surface area is 111 Å². The van der Waals surface area contributed by atoms with Crippen molar-refractivity contribution in [1.82, 2.24) is 10.4 Å². The third-order valence-corrected chi connectivity index (χ3v) is 4.06. The van der Waals surface area contributed by atoms with Crippen LogP contribution in [0.2, 0.25) is 0 Å². The third-order valence-electron chi connectivity index (χ3n) is 2.44. The normalized spacial score (nSPS) is 12.6. The number of thiazole rings is 1. The van der Waals surface area contributed by atoms with E-state index in [1.807, 2.05) is 0 Å². The second kappa shape index (κ2) is 5.68. The number of hydrazine groups is 1. The van der Waals surface area contributed by atoms with Gasteiger partial charge in [-0.05, 0) is 24.1 Å². The topological polar surface area (TPSA) is 50.9 Å². The monoisotopic (exact) mass is 315 g/mol. The largest absolute Gasteiger partial charge is 0.271 e. The number of halogens is 2. The highest BCUT2D eigenvalue weighted by Gasteiger charge is 2.14. The summed E-state index contributed by atoms with van der Waals surface area (Å²) in [5, 5.41) is 0. The molecule has 3 nitrogen and oxygen atoms in total. The van der Waals surface area contributed by atoms with Crippen LogP contribution in [0.15, 0.2) is 34.4 Å². The molecule has 1 heterocycles. The van der Waals surface area contributed by atoms with Crippen LogP contribution in [-0.4, -0.2) is 4.98 Å². The van der Waals surface area contributed by atoms with Crippen LogP contribution in [0.3, 0.4) is 0 Å². The van der Waals surface area contributed by atoms with Crippen molar-refractivity contribution >= 4 is 27.3 Å². The van der Waals surface area contributed by atoms with Gasteiger partial charge in [0.2, 0.25) is 0 Å². The van der Waals surface area contributed by atoms with Gasteiger partial charge in [0.05, 0.1) is 11.6 Å². The van der Waals surface area contributed by atoms with E-state index in [0.29, 0.717) is 6.42 Å². The molecule has 3 N–H and O–H groups in total. The minimum atomic E-state index is -0.254. The lowest BCUT2D eigenvalue weighted by atomic mass is 10.1. The first kappa shape index (κ1) is 12.6. The molecule has 0 fully saturated rings. The van der Waals surface area contributed by atoms with E-state index in [-0.39, 0.29) is 11.9 Å². The number of nitrogens with one attached hydrogen (secondary N) is 1. The Hall–Kier alpha value is -0.820. The van der Waals surface area contributed by atoms with Gasteiger partial charge in [-0.15, -0.1) is 11.3 Å². The van der Waals surface area contributed by atoms with Crippen molar-refractivity contribution in [2.24, 2.45) is 5.84 Å². The van der Waals surface area contributed by atoms with Crippen molar-refractivity contribution in [3.63, 3.8) is 0 Å². The number of hydrogen-bond acceptors (Lipinski definition) is 4. The molecule has 0 bridgehead atoms. The Morgan fingerprint density at radius 1 is 1.53 bits per heavy atom. The predicted octanol–water partition coefficient (Wildman–Crippen LogP) is 2.79. The minimum absolute atomic E-state index is 0.00994. The molecule has 0 spiro atoms. The number of aromatic nitrogens is 1. The van der Waals surface area contributed by atoms with E-state index in [1.165, 1.54) is 12.1 Å². The van der Waals surface area contributed by atoms with E-state index in [1.54, 1.807) is 29.1 Å². The number of benzene rings is 1. The van der Waals surface area contributed by atoms with E-state index < -0.39 is 0 Å². The molecule has 6 heteroatoms. The van der Waals surface area contributed by atoms with Crippen LogP contribution in [0.5, 0.6) is 0 Å². The quantitative estimate of drug-likeness (QED) is 0.674. The highest BCUT2D eigenvalue weighted by molar-refractivity contribution is 9.10. The highest BCUT2D eigenvalue weighted by atomic mass is 79.9. The number of hydrogen-bond donors (Lipinski definition) is 2. The second-order valence-corrected chi connectivity index (χ2v) is 5.34. The summed E-state index contributed by atoms with van der Waals surface area (Å²) < 4.78 is 13.7. The fourth-order valence-corrected chi connectivity index (χ4v) is 2.74. The van der Waals surface area contributed by atoms with Crippen LogP contribution in [0.4, 0.5) is 4.39 Å². The van der Waals surface area contributed by atoms with Crippen molar-refractivity contribution in [2.75, 3.05) is 0 Å². The summed E-state index contributed by atoms with van der Waals surface area (Å²) in [7, 11) is 0. The van der Waals surface area contributed by atoms with Gasteiger partial charge in [0.1, 0.15) is 5.82 Å². The molecule has 0 amide bonds. The summed E-state index contributed by atoms with van der Waals surface area (Å²) >= 11 is 4.89. The molecule has 0 aliphatic rings. The van der Waals surface area contributed by atoms with Crippen molar-refractivity contribution in [3.8, 4) is 0 Å². The fraction of sp³-hybridized carbons (Fsp3) is 0.182. The molecular formula is C11H11BrFN3S. The molecule has 1 aromatic carbocycles. The smallest absolute Gasteiger partial charge is 0.124 e. The Morgan fingerprint density at radius 3 is 2.94 bits per heavy atom. The molecule has 0 aliphatic carbocycles. The standard InChI is InChI=1S/C11H11BrFN3S/c12-9-4-8(13)2-1-7(9)3-10(16-14)11-5-15-6-17-11/h1-2,4-6,10,16H,3,14H2. The first-order valence-corrected chi connectivity index (χ1v) is 6.66. The predicted molar refractivity (Wildman–Crippen MR) is 70.0 cm³/mol. The van der Waals surface area contributed by atoms with Gasteiger partial charge in [-0.2, -0.15) is 0 Å². The van der Waals surface area contributed by atoms with Gasteiger partial charge in [0.25, 0.3) is 0 Å². The van der Waals surface area contributed by atoms with E-state index in [9.17, 15) is 4.39 Å². The molecule has 1 atom stereocenters. The average molecular weight is 316 g/mol. The van der Waals surface area contributed by atoms with E-state index in [2.05, 4.69) is 26.3 Å². The SMILES string of the molecule is NNC(Cc1ccc(F)cc1Br)c1cncs1. The zero-order valence-electron chi connectivity index (χ0n) is 8.86. The molecule has 1 unspecified atom stereocenters. The first-order chi connectivity index (χ1) is 8.20. The summed E-state index contributed by atoms with van der Waals surface area (Å²) in [6.07, 6.45) is 2.46. The molecule has 0 saturated heterocycles. The third kappa shape index (κ3) is 3.10. The van der Waals surface area contributed by atoms with Gasteiger partial charge in [0, 0.05) is 15.5 Å². The maximum Gasteiger partial charge on any atom is 0.124 e. The maximum atomic E-state index is 13.0. The molecule has 2 aromatic rings. The van der Waals surface area contributed by atoms with E-state index in [4.69, 9.17) is 5.84 Å². The zero-order chi connectivity index (χ0) is 12.3. The van der Waals surface area contributed by atoms with Crippen molar-refractivity contribution in [2.45, 2.75) is 12.5 Å². The molecule has 0 saturated carbocycles. The van der Waals surface area contributed by atoms with Crippen LogP contribution >= 0.6 is 27.3 Å². The molecule has 0 radical (unpaired) electrons. The van der Waals surface area contributed by atoms with Gasteiger partial charge in [-0.25, -0.2) is 4.39 Å². The Kier molecular flexibility index (Phi) is 4.22.